The molecule has 0 saturated heterocycles. The number of aromatic nitrogens is 1. The van der Waals surface area contributed by atoms with Crippen LogP contribution in [0.2, 0.25) is 0 Å². The maximum Gasteiger partial charge on any atom is 0.416 e. The fourth-order valence-corrected chi connectivity index (χ4v) is 1.63. The van der Waals surface area contributed by atoms with Crippen LogP contribution in [0.4, 0.5) is 13.2 Å². The van der Waals surface area contributed by atoms with E-state index >= 15 is 0 Å². The maximum atomic E-state index is 12.6. The zero-order chi connectivity index (χ0) is 13.3. The third kappa shape index (κ3) is 2.38. The molecule has 0 amide bonds. The van der Waals surface area contributed by atoms with Gasteiger partial charge in [-0.25, -0.2) is 4.98 Å². The van der Waals surface area contributed by atoms with Gasteiger partial charge >= 0.3 is 6.18 Å². The molecule has 0 unspecified atom stereocenters. The Hall–Kier alpha value is -1.82. The second-order valence-corrected chi connectivity index (χ2v) is 3.75. The highest BCUT2D eigenvalue weighted by Gasteiger charge is 2.30. The molecule has 6 heteroatoms. The third-order valence-electron chi connectivity index (χ3n) is 2.44. The number of aliphatic hydroxyl groups is 1. The number of halogens is 3. The second kappa shape index (κ2) is 4.45. The molecule has 1 heterocycles. The van der Waals surface area contributed by atoms with Crippen LogP contribution in [0.1, 0.15) is 17.2 Å². The molecule has 0 aliphatic carbocycles. The molecule has 1 aromatic carbocycles. The summed E-state index contributed by atoms with van der Waals surface area (Å²) in [6.07, 6.45) is -4.40. The molecular formula is C12H10F3NO2. The minimum absolute atomic E-state index is 0.0833. The quantitative estimate of drug-likeness (QED) is 0.898. The van der Waals surface area contributed by atoms with Crippen molar-refractivity contribution in [2.45, 2.75) is 19.7 Å². The monoisotopic (exact) mass is 257 g/mol. The van der Waals surface area contributed by atoms with Gasteiger partial charge < -0.3 is 9.52 Å². The van der Waals surface area contributed by atoms with Gasteiger partial charge in [-0.1, -0.05) is 12.1 Å². The van der Waals surface area contributed by atoms with Crippen LogP contribution in [0.5, 0.6) is 0 Å². The van der Waals surface area contributed by atoms with Crippen molar-refractivity contribution in [3.8, 4) is 11.3 Å². The maximum absolute atomic E-state index is 12.6. The van der Waals surface area contributed by atoms with Gasteiger partial charge in [0.15, 0.2) is 0 Å². The van der Waals surface area contributed by atoms with E-state index in [0.29, 0.717) is 17.0 Å². The van der Waals surface area contributed by atoms with Crippen molar-refractivity contribution in [2.75, 3.05) is 0 Å². The summed E-state index contributed by atoms with van der Waals surface area (Å²) in [6, 6.07) is 4.82. The summed E-state index contributed by atoms with van der Waals surface area (Å²) in [7, 11) is 0. The van der Waals surface area contributed by atoms with Crippen LogP contribution in [0.3, 0.4) is 0 Å². The van der Waals surface area contributed by atoms with Crippen LogP contribution in [0.25, 0.3) is 11.3 Å². The average molecular weight is 257 g/mol. The zero-order valence-electron chi connectivity index (χ0n) is 9.45. The number of aliphatic hydroxyl groups excluding tert-OH is 1. The molecule has 0 atom stereocenters. The van der Waals surface area contributed by atoms with Crippen LogP contribution >= 0.6 is 0 Å². The van der Waals surface area contributed by atoms with E-state index in [-0.39, 0.29) is 12.5 Å². The third-order valence-corrected chi connectivity index (χ3v) is 2.44. The van der Waals surface area contributed by atoms with Crippen LogP contribution in [0, 0.1) is 6.92 Å². The lowest BCUT2D eigenvalue weighted by molar-refractivity contribution is -0.137. The molecule has 0 saturated carbocycles. The van der Waals surface area contributed by atoms with Crippen LogP contribution < -0.4 is 0 Å². The van der Waals surface area contributed by atoms with Gasteiger partial charge in [-0.3, -0.25) is 0 Å². The zero-order valence-corrected chi connectivity index (χ0v) is 9.45. The van der Waals surface area contributed by atoms with E-state index in [1.165, 1.54) is 12.1 Å². The normalized spacial score (nSPS) is 11.8. The minimum Gasteiger partial charge on any atom is -0.443 e. The van der Waals surface area contributed by atoms with Gasteiger partial charge in [0.2, 0.25) is 5.89 Å². The Bertz CT molecular complexity index is 561. The molecule has 0 radical (unpaired) electrons. The van der Waals surface area contributed by atoms with E-state index in [0.717, 1.165) is 12.1 Å². The minimum atomic E-state index is -4.40. The van der Waals surface area contributed by atoms with Gasteiger partial charge in [0.1, 0.15) is 18.1 Å². The Morgan fingerprint density at radius 1 is 1.33 bits per heavy atom. The van der Waals surface area contributed by atoms with Crippen molar-refractivity contribution in [3.05, 3.63) is 41.5 Å². The predicted octanol–water partition coefficient (Wildman–Crippen LogP) is 3.16. The van der Waals surface area contributed by atoms with Gasteiger partial charge in [0.05, 0.1) is 5.56 Å². The van der Waals surface area contributed by atoms with Crippen molar-refractivity contribution < 1.29 is 22.7 Å². The van der Waals surface area contributed by atoms with Gasteiger partial charge in [0.25, 0.3) is 0 Å². The summed E-state index contributed by atoms with van der Waals surface area (Å²) >= 11 is 0. The van der Waals surface area contributed by atoms with E-state index in [2.05, 4.69) is 4.98 Å². The SMILES string of the molecule is Cc1oc(CO)nc1-c1cccc(C(F)(F)F)c1. The summed E-state index contributed by atoms with van der Waals surface area (Å²) in [5, 5.41) is 8.87. The molecule has 1 N–H and O–H groups in total. The molecule has 3 nitrogen and oxygen atoms in total. The Balaban J connectivity index is 2.47. The number of rotatable bonds is 2. The van der Waals surface area contributed by atoms with Gasteiger partial charge in [-0.05, 0) is 19.1 Å². The molecule has 2 aromatic rings. The topological polar surface area (TPSA) is 46.3 Å². The fourth-order valence-electron chi connectivity index (χ4n) is 1.63. The first-order valence-electron chi connectivity index (χ1n) is 5.16. The summed E-state index contributed by atoms with van der Waals surface area (Å²) in [6.45, 7) is 1.20. The van der Waals surface area contributed by atoms with Crippen molar-refractivity contribution in [2.24, 2.45) is 0 Å². The highest BCUT2D eigenvalue weighted by Crippen LogP contribution is 2.32. The molecule has 0 aliphatic heterocycles. The molecule has 96 valence electrons. The first kappa shape index (κ1) is 12.6. The Kier molecular flexibility index (Phi) is 3.13. The molecule has 0 aliphatic rings. The summed E-state index contributed by atoms with van der Waals surface area (Å²) in [5.74, 6) is 0.457. The highest BCUT2D eigenvalue weighted by molar-refractivity contribution is 5.62. The first-order chi connectivity index (χ1) is 8.41. The first-order valence-corrected chi connectivity index (χ1v) is 5.16. The van der Waals surface area contributed by atoms with E-state index in [1.807, 2.05) is 0 Å². The Morgan fingerprint density at radius 3 is 2.61 bits per heavy atom. The lowest BCUT2D eigenvalue weighted by Gasteiger charge is -2.07. The number of benzene rings is 1. The molecule has 2 rings (SSSR count). The van der Waals surface area contributed by atoms with Crippen molar-refractivity contribution in [3.63, 3.8) is 0 Å². The standard InChI is InChI=1S/C12H10F3NO2/c1-7-11(16-10(6-17)18-7)8-3-2-4-9(5-8)12(13,14)15/h2-5,17H,6H2,1H3. The van der Waals surface area contributed by atoms with Crippen molar-refractivity contribution >= 4 is 0 Å². The van der Waals surface area contributed by atoms with Gasteiger partial charge in [-0.15, -0.1) is 0 Å². The predicted molar refractivity (Wildman–Crippen MR) is 57.6 cm³/mol. The molecule has 0 bridgehead atoms. The Morgan fingerprint density at radius 2 is 2.06 bits per heavy atom. The molecule has 18 heavy (non-hydrogen) atoms. The molecular weight excluding hydrogens is 247 g/mol. The van der Waals surface area contributed by atoms with E-state index in [9.17, 15) is 13.2 Å². The largest absolute Gasteiger partial charge is 0.443 e. The van der Waals surface area contributed by atoms with E-state index < -0.39 is 11.7 Å². The number of alkyl halides is 3. The number of aryl methyl sites for hydroxylation is 1. The van der Waals surface area contributed by atoms with Crippen molar-refractivity contribution in [1.29, 1.82) is 0 Å². The lowest BCUT2D eigenvalue weighted by atomic mass is 10.1. The van der Waals surface area contributed by atoms with Gasteiger partial charge in [0, 0.05) is 5.56 Å². The Labute approximate surface area is 101 Å². The van der Waals surface area contributed by atoms with Crippen LogP contribution in [0.15, 0.2) is 28.7 Å². The summed E-state index contributed by atoms with van der Waals surface area (Å²) in [4.78, 5) is 3.94. The van der Waals surface area contributed by atoms with Crippen LogP contribution in [-0.4, -0.2) is 10.1 Å². The number of hydrogen-bond donors (Lipinski definition) is 1. The molecule has 0 fully saturated rings. The van der Waals surface area contributed by atoms with Crippen molar-refractivity contribution in [1.82, 2.24) is 4.98 Å². The number of oxazole rings is 1. The lowest BCUT2D eigenvalue weighted by Crippen LogP contribution is -2.04. The van der Waals surface area contributed by atoms with E-state index in [1.54, 1.807) is 6.92 Å². The molecule has 1 aromatic heterocycles. The molecule has 0 spiro atoms. The van der Waals surface area contributed by atoms with E-state index in [4.69, 9.17) is 9.52 Å². The van der Waals surface area contributed by atoms with Gasteiger partial charge in [-0.2, -0.15) is 13.2 Å². The average Bonchev–Trinajstić information content (AvgIpc) is 2.70. The number of hydrogen-bond acceptors (Lipinski definition) is 3. The summed E-state index contributed by atoms with van der Waals surface area (Å²) < 4.78 is 42.8. The smallest absolute Gasteiger partial charge is 0.416 e. The second-order valence-electron chi connectivity index (χ2n) is 3.75. The number of nitrogens with zero attached hydrogens (tertiary/aromatic N) is 1. The summed E-state index contributed by atoms with van der Waals surface area (Å²) in [5.41, 5.74) is -0.121. The fraction of sp³-hybridized carbons (Fsp3) is 0.250. The van der Waals surface area contributed by atoms with Crippen LogP contribution in [-0.2, 0) is 12.8 Å². The highest BCUT2D eigenvalue weighted by atomic mass is 19.4.